The molecule has 1 aromatic carbocycles. The Balaban J connectivity index is 0.00000288. The monoisotopic (exact) mass is 444 g/mol. The minimum absolute atomic E-state index is 0. The van der Waals surface area contributed by atoms with E-state index in [0.29, 0.717) is 30.1 Å². The van der Waals surface area contributed by atoms with Gasteiger partial charge in [-0.25, -0.2) is 14.4 Å². The van der Waals surface area contributed by atoms with Crippen LogP contribution in [0, 0.1) is 11.7 Å². The summed E-state index contributed by atoms with van der Waals surface area (Å²) >= 11 is 0. The number of nitrogens with one attached hydrogen (secondary N) is 1. The highest BCUT2D eigenvalue weighted by atomic mass is 127. The second kappa shape index (κ2) is 10.1. The zero-order chi connectivity index (χ0) is 16.7. The maximum absolute atomic E-state index is 13.1. The summed E-state index contributed by atoms with van der Waals surface area (Å²) in [4.78, 5) is 8.43. The van der Waals surface area contributed by atoms with Crippen molar-refractivity contribution in [2.24, 2.45) is 16.6 Å². The minimum Gasteiger partial charge on any atom is -0.439 e. The van der Waals surface area contributed by atoms with E-state index in [1.54, 1.807) is 24.4 Å². The maximum Gasteiger partial charge on any atom is 0.219 e. The highest BCUT2D eigenvalue weighted by Gasteiger charge is 2.01. The van der Waals surface area contributed by atoms with Crippen molar-refractivity contribution in [2.45, 2.75) is 20.4 Å². The van der Waals surface area contributed by atoms with Crippen LogP contribution in [0.1, 0.15) is 19.4 Å². The first-order chi connectivity index (χ1) is 11.0. The fourth-order valence-electron chi connectivity index (χ4n) is 1.76. The molecule has 0 saturated heterocycles. The summed E-state index contributed by atoms with van der Waals surface area (Å²) in [6.07, 6.45) is 1.66. The Morgan fingerprint density at radius 1 is 1.33 bits per heavy atom. The van der Waals surface area contributed by atoms with Gasteiger partial charge < -0.3 is 15.8 Å². The van der Waals surface area contributed by atoms with Gasteiger partial charge in [0.1, 0.15) is 11.6 Å². The van der Waals surface area contributed by atoms with E-state index in [2.05, 4.69) is 29.1 Å². The van der Waals surface area contributed by atoms with Crippen LogP contribution in [0.2, 0.25) is 0 Å². The van der Waals surface area contributed by atoms with Crippen LogP contribution in [0.5, 0.6) is 11.6 Å². The summed E-state index contributed by atoms with van der Waals surface area (Å²) in [6.45, 7) is 5.42. The van der Waals surface area contributed by atoms with E-state index >= 15 is 0 Å². The molecule has 7 heteroatoms. The Morgan fingerprint density at radius 2 is 2.12 bits per heavy atom. The minimum atomic E-state index is -0.349. The van der Waals surface area contributed by atoms with Gasteiger partial charge in [0.05, 0.1) is 6.54 Å². The van der Waals surface area contributed by atoms with Crippen molar-refractivity contribution < 1.29 is 9.13 Å². The van der Waals surface area contributed by atoms with Gasteiger partial charge in [-0.1, -0.05) is 26.0 Å². The maximum atomic E-state index is 13.1. The lowest BCUT2D eigenvalue weighted by molar-refractivity contribution is 0.457. The molecule has 0 saturated carbocycles. The van der Waals surface area contributed by atoms with Gasteiger partial charge in [0, 0.05) is 24.9 Å². The first-order valence-corrected chi connectivity index (χ1v) is 7.45. The molecule has 0 amide bonds. The number of nitrogens with two attached hydrogens (primary N) is 1. The van der Waals surface area contributed by atoms with E-state index in [-0.39, 0.29) is 29.8 Å². The fraction of sp³-hybridized carbons (Fsp3) is 0.294. The van der Waals surface area contributed by atoms with Gasteiger partial charge in [-0.15, -0.1) is 24.0 Å². The molecule has 1 heterocycles. The molecule has 0 aliphatic rings. The Bertz CT molecular complexity index is 662. The molecule has 2 rings (SSSR count). The predicted octanol–water partition coefficient (Wildman–Crippen LogP) is 3.69. The number of pyridine rings is 1. The summed E-state index contributed by atoms with van der Waals surface area (Å²) < 4.78 is 18.6. The third kappa shape index (κ3) is 7.12. The number of hydrogen-bond acceptors (Lipinski definition) is 3. The lowest BCUT2D eigenvalue weighted by Crippen LogP contribution is -2.34. The van der Waals surface area contributed by atoms with Crippen LogP contribution in [0.3, 0.4) is 0 Å². The molecule has 0 aliphatic carbocycles. The summed E-state index contributed by atoms with van der Waals surface area (Å²) in [6, 6.07) is 9.49. The van der Waals surface area contributed by atoms with Crippen molar-refractivity contribution >= 4 is 29.9 Å². The Morgan fingerprint density at radius 3 is 2.75 bits per heavy atom. The second-order valence-electron chi connectivity index (χ2n) is 5.54. The third-order valence-corrected chi connectivity index (χ3v) is 2.94. The van der Waals surface area contributed by atoms with Gasteiger partial charge in [-0.3, -0.25) is 0 Å². The molecule has 1 aromatic heterocycles. The Kier molecular flexibility index (Phi) is 8.45. The standard InChI is InChI=1S/C17H21FN4O.HI/c1-12(2)9-21-17(19)22-11-13-6-7-16(20-10-13)23-15-5-3-4-14(18)8-15;/h3-8,10,12H,9,11H2,1-2H3,(H3,19,21,22);1H. The number of nitrogens with zero attached hydrogens (tertiary/aromatic N) is 2. The van der Waals surface area contributed by atoms with Crippen LogP contribution in [-0.4, -0.2) is 17.5 Å². The zero-order valence-electron chi connectivity index (χ0n) is 13.7. The molecule has 0 unspecified atom stereocenters. The average molecular weight is 444 g/mol. The van der Waals surface area contributed by atoms with Crippen molar-refractivity contribution in [3.8, 4) is 11.6 Å². The average Bonchev–Trinajstić information content (AvgIpc) is 2.52. The highest BCUT2D eigenvalue weighted by Crippen LogP contribution is 2.20. The first-order valence-electron chi connectivity index (χ1n) is 7.45. The van der Waals surface area contributed by atoms with E-state index in [4.69, 9.17) is 10.5 Å². The first kappa shape index (κ1) is 20.1. The molecule has 0 bridgehead atoms. The van der Waals surface area contributed by atoms with E-state index in [1.807, 2.05) is 6.07 Å². The smallest absolute Gasteiger partial charge is 0.219 e. The second-order valence-corrected chi connectivity index (χ2v) is 5.54. The summed E-state index contributed by atoms with van der Waals surface area (Å²) in [5, 5.41) is 3.05. The number of ether oxygens (including phenoxy) is 1. The van der Waals surface area contributed by atoms with Gasteiger partial charge in [-0.05, 0) is 23.6 Å². The molecular formula is C17H22FIN4O. The van der Waals surface area contributed by atoms with Crippen LogP contribution in [0.25, 0.3) is 0 Å². The molecular weight excluding hydrogens is 422 g/mol. The molecule has 130 valence electrons. The van der Waals surface area contributed by atoms with Gasteiger partial charge in [-0.2, -0.15) is 0 Å². The lowest BCUT2D eigenvalue weighted by atomic mass is 10.2. The SMILES string of the molecule is CC(C)CNC(N)=NCc1ccc(Oc2cccc(F)c2)nc1.I. The lowest BCUT2D eigenvalue weighted by Gasteiger charge is -2.08. The quantitative estimate of drug-likeness (QED) is 0.405. The fourth-order valence-corrected chi connectivity index (χ4v) is 1.76. The molecule has 3 N–H and O–H groups in total. The van der Waals surface area contributed by atoms with Gasteiger partial charge in [0.15, 0.2) is 5.96 Å². The van der Waals surface area contributed by atoms with Crippen molar-refractivity contribution in [1.82, 2.24) is 10.3 Å². The van der Waals surface area contributed by atoms with E-state index in [1.165, 1.54) is 12.1 Å². The molecule has 0 spiro atoms. The zero-order valence-corrected chi connectivity index (χ0v) is 16.0. The largest absolute Gasteiger partial charge is 0.439 e. The number of aromatic nitrogens is 1. The summed E-state index contributed by atoms with van der Waals surface area (Å²) in [5.74, 6) is 1.38. The molecule has 0 radical (unpaired) electrons. The van der Waals surface area contributed by atoms with Gasteiger partial charge in [0.2, 0.25) is 5.88 Å². The number of rotatable bonds is 6. The number of guanidine groups is 1. The molecule has 24 heavy (non-hydrogen) atoms. The van der Waals surface area contributed by atoms with Crippen molar-refractivity contribution in [2.75, 3.05) is 6.54 Å². The van der Waals surface area contributed by atoms with E-state index in [0.717, 1.165) is 12.1 Å². The van der Waals surface area contributed by atoms with Crippen molar-refractivity contribution in [3.63, 3.8) is 0 Å². The number of halogens is 2. The predicted molar refractivity (Wildman–Crippen MR) is 104 cm³/mol. The normalized spacial score (nSPS) is 11.1. The van der Waals surface area contributed by atoms with Gasteiger partial charge >= 0.3 is 0 Å². The van der Waals surface area contributed by atoms with Crippen molar-refractivity contribution in [1.29, 1.82) is 0 Å². The van der Waals surface area contributed by atoms with E-state index < -0.39 is 0 Å². The van der Waals surface area contributed by atoms with Crippen LogP contribution >= 0.6 is 24.0 Å². The highest BCUT2D eigenvalue weighted by molar-refractivity contribution is 14.0. The van der Waals surface area contributed by atoms with Crippen LogP contribution < -0.4 is 15.8 Å². The van der Waals surface area contributed by atoms with Gasteiger partial charge in [0.25, 0.3) is 0 Å². The molecule has 5 nitrogen and oxygen atoms in total. The van der Waals surface area contributed by atoms with Crippen LogP contribution in [0.15, 0.2) is 47.6 Å². The Labute approximate surface area is 158 Å². The summed E-state index contributed by atoms with van der Waals surface area (Å²) in [5.41, 5.74) is 6.68. The molecule has 0 fully saturated rings. The molecule has 0 atom stereocenters. The number of aliphatic imine (C=N–C) groups is 1. The molecule has 2 aromatic rings. The number of benzene rings is 1. The van der Waals surface area contributed by atoms with Crippen molar-refractivity contribution in [3.05, 3.63) is 54.0 Å². The number of hydrogen-bond donors (Lipinski definition) is 2. The Hall–Kier alpha value is -1.90. The molecule has 0 aliphatic heterocycles. The van der Waals surface area contributed by atoms with Crippen LogP contribution in [-0.2, 0) is 6.54 Å². The van der Waals surface area contributed by atoms with E-state index in [9.17, 15) is 4.39 Å². The summed E-state index contributed by atoms with van der Waals surface area (Å²) in [7, 11) is 0. The van der Waals surface area contributed by atoms with Crippen LogP contribution in [0.4, 0.5) is 4.39 Å². The third-order valence-electron chi connectivity index (χ3n) is 2.94. The topological polar surface area (TPSA) is 72.5 Å².